The largest absolute Gasteiger partial charge is 0.506 e. The van der Waals surface area contributed by atoms with E-state index in [0.717, 1.165) is 6.42 Å². The number of aromatic hydroxyl groups is 1. The Morgan fingerprint density at radius 3 is 2.83 bits per heavy atom. The molecule has 4 N–H and O–H groups in total. The lowest BCUT2D eigenvalue weighted by molar-refractivity contribution is -0.0107. The molecule has 1 aromatic rings. The number of nitrogens with two attached hydrogens (primary N) is 1. The van der Waals surface area contributed by atoms with Gasteiger partial charge in [0.05, 0.1) is 11.3 Å². The molecule has 1 heterocycles. The van der Waals surface area contributed by atoms with Crippen molar-refractivity contribution in [2.75, 3.05) is 18.8 Å². The van der Waals surface area contributed by atoms with Gasteiger partial charge in [-0.25, -0.2) is 0 Å². The summed E-state index contributed by atoms with van der Waals surface area (Å²) >= 11 is 0. The highest BCUT2D eigenvalue weighted by molar-refractivity contribution is 5.95. The van der Waals surface area contributed by atoms with E-state index >= 15 is 0 Å². The minimum Gasteiger partial charge on any atom is -0.506 e. The van der Waals surface area contributed by atoms with Crippen molar-refractivity contribution in [3.8, 4) is 5.75 Å². The predicted octanol–water partition coefficient (Wildman–Crippen LogP) is 0.961. The molecule has 5 heteroatoms. The van der Waals surface area contributed by atoms with Gasteiger partial charge in [0.15, 0.2) is 0 Å². The first kappa shape index (κ1) is 12.7. The number of nitrogen functional groups attached to an aromatic ring is 1. The molecule has 1 fully saturated rings. The topological polar surface area (TPSA) is 86.8 Å². The number of anilines is 1. The Labute approximate surface area is 106 Å². The molecule has 0 spiro atoms. The quantitative estimate of drug-likeness (QED) is 0.512. The number of piperidine rings is 1. The monoisotopic (exact) mass is 250 g/mol. The molecular formula is C13H18N2O3. The molecule has 0 aliphatic carbocycles. The normalized spacial score (nSPS) is 24.0. The van der Waals surface area contributed by atoms with E-state index < -0.39 is 5.60 Å². The van der Waals surface area contributed by atoms with Crippen LogP contribution in [0.2, 0.25) is 0 Å². The average molecular weight is 250 g/mol. The molecule has 0 aromatic heterocycles. The van der Waals surface area contributed by atoms with Crippen molar-refractivity contribution >= 4 is 11.6 Å². The number of amides is 1. The SMILES string of the molecule is CC1(O)CCCN(C(=O)c2ccc(N)c(O)c2)C1. The van der Waals surface area contributed by atoms with Crippen molar-refractivity contribution in [1.29, 1.82) is 0 Å². The van der Waals surface area contributed by atoms with E-state index in [1.807, 2.05) is 0 Å². The number of β-amino-alcohol motifs (C(OH)–C–C–N with tert-alkyl or cyclic N) is 1. The van der Waals surface area contributed by atoms with Crippen LogP contribution in [0.3, 0.4) is 0 Å². The van der Waals surface area contributed by atoms with Crippen molar-refractivity contribution in [3.63, 3.8) is 0 Å². The fraction of sp³-hybridized carbons (Fsp3) is 0.462. The van der Waals surface area contributed by atoms with E-state index in [-0.39, 0.29) is 17.3 Å². The zero-order valence-corrected chi connectivity index (χ0v) is 10.4. The molecule has 0 saturated carbocycles. The standard InChI is InChI=1S/C13H18N2O3/c1-13(18)5-2-6-15(8-13)12(17)9-3-4-10(14)11(16)7-9/h3-4,7,16,18H,2,5-6,8,14H2,1H3. The van der Waals surface area contributed by atoms with Gasteiger partial charge >= 0.3 is 0 Å². The molecule has 2 rings (SSSR count). The number of phenolic OH excluding ortho intramolecular Hbond substituents is 1. The summed E-state index contributed by atoms with van der Waals surface area (Å²) in [6.07, 6.45) is 1.48. The third-order valence-electron chi connectivity index (χ3n) is 3.24. The molecule has 5 nitrogen and oxygen atoms in total. The predicted molar refractivity (Wildman–Crippen MR) is 68.3 cm³/mol. The third kappa shape index (κ3) is 2.56. The summed E-state index contributed by atoms with van der Waals surface area (Å²) in [5, 5.41) is 19.5. The number of nitrogens with zero attached hydrogens (tertiary/aromatic N) is 1. The summed E-state index contributed by atoms with van der Waals surface area (Å²) in [7, 11) is 0. The second-order valence-electron chi connectivity index (χ2n) is 5.10. The van der Waals surface area contributed by atoms with Gasteiger partial charge in [0.25, 0.3) is 5.91 Å². The number of phenols is 1. The highest BCUT2D eigenvalue weighted by atomic mass is 16.3. The van der Waals surface area contributed by atoms with Gasteiger partial charge < -0.3 is 20.8 Å². The van der Waals surface area contributed by atoms with E-state index in [0.29, 0.717) is 25.1 Å². The first-order chi connectivity index (χ1) is 8.39. The van der Waals surface area contributed by atoms with E-state index in [2.05, 4.69) is 0 Å². The first-order valence-electron chi connectivity index (χ1n) is 5.99. The zero-order valence-electron chi connectivity index (χ0n) is 10.4. The van der Waals surface area contributed by atoms with Gasteiger partial charge in [-0.2, -0.15) is 0 Å². The number of carbonyl (C=O) groups is 1. The van der Waals surface area contributed by atoms with Crippen molar-refractivity contribution < 1.29 is 15.0 Å². The minimum absolute atomic E-state index is 0.0929. The van der Waals surface area contributed by atoms with Crippen LogP contribution in [-0.4, -0.2) is 39.7 Å². The van der Waals surface area contributed by atoms with E-state index in [4.69, 9.17) is 5.73 Å². The lowest BCUT2D eigenvalue weighted by atomic mass is 9.94. The first-order valence-corrected chi connectivity index (χ1v) is 5.99. The summed E-state index contributed by atoms with van der Waals surface area (Å²) < 4.78 is 0. The van der Waals surface area contributed by atoms with Crippen LogP contribution in [0.5, 0.6) is 5.75 Å². The van der Waals surface area contributed by atoms with Crippen LogP contribution in [0.4, 0.5) is 5.69 Å². The molecule has 1 unspecified atom stereocenters. The molecule has 1 saturated heterocycles. The Bertz CT molecular complexity index is 471. The highest BCUT2D eigenvalue weighted by Crippen LogP contribution is 2.25. The molecule has 18 heavy (non-hydrogen) atoms. The fourth-order valence-corrected chi connectivity index (χ4v) is 2.25. The second-order valence-corrected chi connectivity index (χ2v) is 5.10. The summed E-state index contributed by atoms with van der Waals surface area (Å²) in [5.74, 6) is -0.283. The third-order valence-corrected chi connectivity index (χ3v) is 3.24. The average Bonchev–Trinajstić information content (AvgIpc) is 2.30. The second kappa shape index (κ2) is 4.49. The summed E-state index contributed by atoms with van der Waals surface area (Å²) in [5.41, 5.74) is 5.30. The maximum absolute atomic E-state index is 12.2. The molecule has 98 valence electrons. The molecular weight excluding hydrogens is 232 g/mol. The van der Waals surface area contributed by atoms with Crippen LogP contribution in [0.15, 0.2) is 18.2 Å². The fourth-order valence-electron chi connectivity index (χ4n) is 2.25. The molecule has 1 aromatic carbocycles. The van der Waals surface area contributed by atoms with Crippen LogP contribution in [0.25, 0.3) is 0 Å². The molecule has 0 bridgehead atoms. The van der Waals surface area contributed by atoms with Gasteiger partial charge in [-0.1, -0.05) is 0 Å². The van der Waals surface area contributed by atoms with Crippen molar-refractivity contribution in [2.24, 2.45) is 0 Å². The number of hydrogen-bond donors (Lipinski definition) is 3. The summed E-state index contributed by atoms with van der Waals surface area (Å²) in [6.45, 7) is 2.67. The van der Waals surface area contributed by atoms with E-state index in [9.17, 15) is 15.0 Å². The molecule has 1 aliphatic heterocycles. The van der Waals surface area contributed by atoms with E-state index in [1.165, 1.54) is 12.1 Å². The van der Waals surface area contributed by atoms with Crippen molar-refractivity contribution in [1.82, 2.24) is 4.90 Å². The zero-order chi connectivity index (χ0) is 13.3. The number of carbonyl (C=O) groups excluding carboxylic acids is 1. The number of hydrogen-bond acceptors (Lipinski definition) is 4. The van der Waals surface area contributed by atoms with Crippen LogP contribution in [0, 0.1) is 0 Å². The Kier molecular flexibility index (Phi) is 3.17. The lowest BCUT2D eigenvalue weighted by Gasteiger charge is -2.36. The van der Waals surface area contributed by atoms with E-state index in [1.54, 1.807) is 17.9 Å². The maximum Gasteiger partial charge on any atom is 0.254 e. The number of aliphatic hydroxyl groups is 1. The minimum atomic E-state index is -0.830. The summed E-state index contributed by atoms with van der Waals surface area (Å²) in [6, 6.07) is 4.45. The number of rotatable bonds is 1. The lowest BCUT2D eigenvalue weighted by Crippen LogP contribution is -2.48. The van der Waals surface area contributed by atoms with Crippen molar-refractivity contribution in [2.45, 2.75) is 25.4 Å². The van der Waals surface area contributed by atoms with Gasteiger partial charge in [0.2, 0.25) is 0 Å². The smallest absolute Gasteiger partial charge is 0.254 e. The maximum atomic E-state index is 12.2. The van der Waals surface area contributed by atoms with Crippen LogP contribution >= 0.6 is 0 Å². The van der Waals surface area contributed by atoms with Gasteiger partial charge in [0.1, 0.15) is 5.75 Å². The summed E-state index contributed by atoms with van der Waals surface area (Å²) in [4.78, 5) is 13.8. The van der Waals surface area contributed by atoms with Crippen LogP contribution in [-0.2, 0) is 0 Å². The molecule has 1 atom stereocenters. The Hall–Kier alpha value is -1.75. The molecule has 0 radical (unpaired) electrons. The number of benzene rings is 1. The van der Waals surface area contributed by atoms with Gasteiger partial charge in [-0.15, -0.1) is 0 Å². The van der Waals surface area contributed by atoms with Crippen LogP contribution < -0.4 is 5.73 Å². The highest BCUT2D eigenvalue weighted by Gasteiger charge is 2.31. The molecule has 1 amide bonds. The molecule has 1 aliphatic rings. The van der Waals surface area contributed by atoms with Gasteiger partial charge in [-0.05, 0) is 38.0 Å². The van der Waals surface area contributed by atoms with Crippen molar-refractivity contribution in [3.05, 3.63) is 23.8 Å². The van der Waals surface area contributed by atoms with Crippen LogP contribution in [0.1, 0.15) is 30.1 Å². The Morgan fingerprint density at radius 2 is 2.22 bits per heavy atom. The number of likely N-dealkylation sites (tertiary alicyclic amines) is 1. The Morgan fingerprint density at radius 1 is 1.50 bits per heavy atom. The Balaban J connectivity index is 2.18. The van der Waals surface area contributed by atoms with Gasteiger partial charge in [-0.3, -0.25) is 4.79 Å². The van der Waals surface area contributed by atoms with Gasteiger partial charge in [0, 0.05) is 18.7 Å².